The van der Waals surface area contributed by atoms with Crippen molar-refractivity contribution in [2.24, 2.45) is 4.99 Å². The van der Waals surface area contributed by atoms with Crippen molar-refractivity contribution in [3.8, 4) is 0 Å². The molecule has 1 aromatic heterocycles. The first kappa shape index (κ1) is 19.1. The van der Waals surface area contributed by atoms with E-state index in [2.05, 4.69) is 55.2 Å². The summed E-state index contributed by atoms with van der Waals surface area (Å²) in [6.07, 6.45) is 3.33. The quantitative estimate of drug-likeness (QED) is 0.494. The molecule has 6 rings (SSSR count). The van der Waals surface area contributed by atoms with Crippen molar-refractivity contribution in [1.82, 2.24) is 19.8 Å². The normalized spacial score (nSPS) is 19.7. The number of ketones is 1. The highest BCUT2D eigenvalue weighted by Gasteiger charge is 2.30. The van der Waals surface area contributed by atoms with Crippen LogP contribution in [0.1, 0.15) is 15.9 Å². The highest BCUT2D eigenvalue weighted by Crippen LogP contribution is 2.33. The van der Waals surface area contributed by atoms with Crippen LogP contribution in [0, 0.1) is 0 Å². The number of nitrogens with zero attached hydrogens (tertiary/aromatic N) is 5. The Morgan fingerprint density at radius 2 is 1.94 bits per heavy atom. The van der Waals surface area contributed by atoms with Crippen LogP contribution in [0.15, 0.2) is 59.6 Å². The van der Waals surface area contributed by atoms with E-state index in [1.165, 1.54) is 5.69 Å². The van der Waals surface area contributed by atoms with E-state index in [9.17, 15) is 4.79 Å². The summed E-state index contributed by atoms with van der Waals surface area (Å²) in [5, 5.41) is 3.52. The van der Waals surface area contributed by atoms with Crippen molar-refractivity contribution in [2.45, 2.75) is 0 Å². The van der Waals surface area contributed by atoms with E-state index in [0.29, 0.717) is 5.56 Å². The van der Waals surface area contributed by atoms with Crippen molar-refractivity contribution in [1.29, 1.82) is 0 Å². The summed E-state index contributed by atoms with van der Waals surface area (Å²) in [6, 6.07) is 12.1. The number of anilines is 2. The van der Waals surface area contributed by atoms with E-state index >= 15 is 0 Å². The molecule has 0 bridgehead atoms. The first-order chi connectivity index (χ1) is 15.7. The molecule has 3 aliphatic heterocycles. The van der Waals surface area contributed by atoms with Gasteiger partial charge in [-0.25, -0.2) is 4.98 Å². The van der Waals surface area contributed by atoms with Gasteiger partial charge in [0.1, 0.15) is 11.7 Å². The number of hydrogen-bond acceptors (Lipinski definition) is 7. The van der Waals surface area contributed by atoms with Crippen LogP contribution in [-0.2, 0) is 0 Å². The number of nitrogens with one attached hydrogen (secondary N) is 2. The van der Waals surface area contributed by atoms with Gasteiger partial charge in [-0.3, -0.25) is 9.79 Å². The number of H-pyrrole nitrogens is 1. The number of allylic oxidation sites excluding steroid dienone is 1. The maximum absolute atomic E-state index is 13.1. The topological polar surface area (TPSA) is 79.9 Å². The van der Waals surface area contributed by atoms with Crippen LogP contribution in [0.2, 0.25) is 0 Å². The lowest BCUT2D eigenvalue weighted by molar-refractivity contribution is 0.104. The molecule has 32 heavy (non-hydrogen) atoms. The molecule has 0 spiro atoms. The fourth-order valence-corrected chi connectivity index (χ4v) is 4.62. The Hall–Kier alpha value is -3.65. The van der Waals surface area contributed by atoms with Gasteiger partial charge in [0.25, 0.3) is 0 Å². The molecule has 162 valence electrons. The molecule has 3 aromatic rings. The van der Waals surface area contributed by atoms with Gasteiger partial charge in [-0.15, -0.1) is 0 Å². The number of carbonyl (C=O) groups is 1. The van der Waals surface area contributed by atoms with E-state index in [1.807, 2.05) is 18.2 Å². The van der Waals surface area contributed by atoms with E-state index in [0.717, 1.165) is 73.2 Å². The van der Waals surface area contributed by atoms with Gasteiger partial charge in [-0.1, -0.05) is 0 Å². The van der Waals surface area contributed by atoms with Crippen molar-refractivity contribution in [2.75, 3.05) is 56.5 Å². The summed E-state index contributed by atoms with van der Waals surface area (Å²) >= 11 is 0. The monoisotopic (exact) mass is 427 g/mol. The molecule has 0 atom stereocenters. The maximum atomic E-state index is 13.1. The minimum atomic E-state index is -0.0473. The maximum Gasteiger partial charge on any atom is 0.189 e. The summed E-state index contributed by atoms with van der Waals surface area (Å²) < 4.78 is 0. The average molecular weight is 428 g/mol. The lowest BCUT2D eigenvalue weighted by atomic mass is 10.1. The van der Waals surface area contributed by atoms with Crippen LogP contribution < -0.4 is 10.2 Å². The van der Waals surface area contributed by atoms with Crippen LogP contribution >= 0.6 is 0 Å². The Morgan fingerprint density at radius 1 is 1.06 bits per heavy atom. The van der Waals surface area contributed by atoms with Crippen molar-refractivity contribution in [3.63, 3.8) is 0 Å². The zero-order valence-corrected chi connectivity index (χ0v) is 18.0. The second-order valence-corrected chi connectivity index (χ2v) is 8.53. The van der Waals surface area contributed by atoms with Crippen molar-refractivity contribution < 1.29 is 4.79 Å². The van der Waals surface area contributed by atoms with E-state index in [4.69, 9.17) is 4.99 Å². The first-order valence-corrected chi connectivity index (χ1v) is 11.0. The van der Waals surface area contributed by atoms with Gasteiger partial charge in [0.05, 0.1) is 29.6 Å². The van der Waals surface area contributed by atoms with Crippen LogP contribution in [-0.4, -0.2) is 77.7 Å². The van der Waals surface area contributed by atoms with Crippen LogP contribution in [0.5, 0.6) is 0 Å². The number of aromatic amines is 1. The number of imidazole rings is 1. The third-order valence-corrected chi connectivity index (χ3v) is 6.48. The number of carbonyl (C=O) groups excluding carboxylic acids is 1. The highest BCUT2D eigenvalue weighted by molar-refractivity contribution is 6.11. The molecule has 8 nitrogen and oxygen atoms in total. The molecule has 1 fully saturated rings. The number of likely N-dealkylation sites (N-methyl/N-ethyl adjacent to an activating group) is 1. The zero-order valence-electron chi connectivity index (χ0n) is 18.0. The number of hydrogen-bond donors (Lipinski definition) is 2. The Morgan fingerprint density at radius 3 is 2.81 bits per heavy atom. The largest absolute Gasteiger partial charge is 0.369 e. The summed E-state index contributed by atoms with van der Waals surface area (Å²) in [7, 11) is 2.16. The van der Waals surface area contributed by atoms with Crippen molar-refractivity contribution in [3.05, 3.63) is 65.7 Å². The van der Waals surface area contributed by atoms with Crippen LogP contribution in [0.3, 0.4) is 0 Å². The molecule has 2 N–H and O–H groups in total. The highest BCUT2D eigenvalue weighted by atomic mass is 16.1. The molecule has 0 amide bonds. The van der Waals surface area contributed by atoms with Gasteiger partial charge in [-0.05, 0) is 43.4 Å². The first-order valence-electron chi connectivity index (χ1n) is 11.0. The SMILES string of the molecule is CN1CCN(c2ccc3c(c2)N/C(=C\C(=O)c2ccc4nc[nH]c4c2)N2CCN=C32)CC1. The predicted molar refractivity (Wildman–Crippen MR) is 126 cm³/mol. The zero-order chi connectivity index (χ0) is 21.7. The van der Waals surface area contributed by atoms with Gasteiger partial charge in [0.15, 0.2) is 5.78 Å². The summed E-state index contributed by atoms with van der Waals surface area (Å²) in [5.41, 5.74) is 5.63. The lowest BCUT2D eigenvalue weighted by Crippen LogP contribution is -2.44. The second kappa shape index (κ2) is 7.49. The molecule has 0 saturated carbocycles. The number of piperazine rings is 1. The smallest absolute Gasteiger partial charge is 0.189 e. The standard InChI is InChI=1S/C24H25N7O/c1-29-8-10-30(11-9-29)17-3-4-18-20(13-17)28-23(31-7-6-25-24(18)31)14-22(32)16-2-5-19-21(12-16)27-15-26-19/h2-5,12-15,28H,6-11H2,1H3,(H,26,27)/b23-14+. The van der Waals surface area contributed by atoms with Gasteiger partial charge in [0.2, 0.25) is 0 Å². The summed E-state index contributed by atoms with van der Waals surface area (Å²) in [4.78, 5) is 32.0. The Kier molecular flexibility index (Phi) is 4.46. The number of benzene rings is 2. The van der Waals surface area contributed by atoms with Gasteiger partial charge < -0.3 is 25.0 Å². The summed E-state index contributed by atoms with van der Waals surface area (Å²) in [5.74, 6) is 1.67. The Balaban J connectivity index is 1.32. The average Bonchev–Trinajstić information content (AvgIpc) is 3.48. The Labute approximate surface area is 186 Å². The number of amidine groups is 1. The molecule has 0 aliphatic carbocycles. The van der Waals surface area contributed by atoms with Gasteiger partial charge in [-0.2, -0.15) is 0 Å². The second-order valence-electron chi connectivity index (χ2n) is 8.53. The summed E-state index contributed by atoms with van der Waals surface area (Å²) in [6.45, 7) is 5.64. The van der Waals surface area contributed by atoms with Gasteiger partial charge in [0, 0.05) is 55.6 Å². The van der Waals surface area contributed by atoms with Crippen LogP contribution in [0.25, 0.3) is 11.0 Å². The van der Waals surface area contributed by atoms with E-state index in [1.54, 1.807) is 12.4 Å². The van der Waals surface area contributed by atoms with E-state index in [-0.39, 0.29) is 5.78 Å². The number of aliphatic imine (C=N–C) groups is 1. The fourth-order valence-electron chi connectivity index (χ4n) is 4.62. The fraction of sp³-hybridized carbons (Fsp3) is 0.292. The molecular weight excluding hydrogens is 402 g/mol. The van der Waals surface area contributed by atoms with Crippen LogP contribution in [0.4, 0.5) is 11.4 Å². The molecular formula is C24H25N7O. The third kappa shape index (κ3) is 3.23. The molecule has 0 radical (unpaired) electrons. The molecule has 2 aromatic carbocycles. The predicted octanol–water partition coefficient (Wildman–Crippen LogP) is 2.53. The van der Waals surface area contributed by atoms with Gasteiger partial charge >= 0.3 is 0 Å². The third-order valence-electron chi connectivity index (χ3n) is 6.48. The van der Waals surface area contributed by atoms with Crippen molar-refractivity contribution >= 4 is 34.0 Å². The number of aromatic nitrogens is 2. The molecule has 0 unspecified atom stereocenters. The van der Waals surface area contributed by atoms with E-state index < -0.39 is 0 Å². The minimum absolute atomic E-state index is 0.0473. The lowest BCUT2D eigenvalue weighted by Gasteiger charge is -2.36. The minimum Gasteiger partial charge on any atom is -0.369 e. The molecule has 8 heteroatoms. The number of rotatable bonds is 3. The molecule has 3 aliphatic rings. The molecule has 4 heterocycles. The Bertz CT molecular complexity index is 1270. The molecule has 1 saturated heterocycles. The number of fused-ring (bicyclic) bond motifs is 4.